The van der Waals surface area contributed by atoms with Gasteiger partial charge in [-0.1, -0.05) is 36.6 Å². The zero-order valence-corrected chi connectivity index (χ0v) is 11.5. The van der Waals surface area contributed by atoms with Gasteiger partial charge in [0.25, 0.3) is 0 Å². The number of Topliss-reactive ketones (excluding diaryl/α,β-unsaturated/α-hetero) is 1. The molecule has 3 nitrogen and oxygen atoms in total. The van der Waals surface area contributed by atoms with Gasteiger partial charge in [0.15, 0.2) is 5.78 Å². The second-order valence-corrected chi connectivity index (χ2v) is 5.52. The highest BCUT2D eigenvalue weighted by Crippen LogP contribution is 2.33. The first kappa shape index (κ1) is 13.8. The molecule has 3 heteroatoms. The Labute approximate surface area is 113 Å². The third-order valence-electron chi connectivity index (χ3n) is 4.07. The SMILES string of the molecule is Cc1ccc(C(=O)C2CCCCC2C(=O)O)c(C)c1. The molecule has 0 aliphatic heterocycles. The molecule has 0 bridgehead atoms. The van der Waals surface area contributed by atoms with Gasteiger partial charge < -0.3 is 5.11 Å². The van der Waals surface area contributed by atoms with E-state index in [1.165, 1.54) is 0 Å². The van der Waals surface area contributed by atoms with Gasteiger partial charge in [0, 0.05) is 11.5 Å². The molecule has 2 atom stereocenters. The number of carboxylic acids is 1. The third-order valence-corrected chi connectivity index (χ3v) is 4.07. The molecule has 1 fully saturated rings. The lowest BCUT2D eigenvalue weighted by molar-refractivity contribution is -0.144. The molecule has 0 amide bonds. The summed E-state index contributed by atoms with van der Waals surface area (Å²) in [5, 5.41) is 9.27. The Bertz CT molecular complexity index is 505. The van der Waals surface area contributed by atoms with E-state index in [2.05, 4.69) is 0 Å². The van der Waals surface area contributed by atoms with E-state index in [0.717, 1.165) is 24.0 Å². The summed E-state index contributed by atoms with van der Waals surface area (Å²) in [4.78, 5) is 23.9. The predicted molar refractivity (Wildman–Crippen MR) is 73.3 cm³/mol. The van der Waals surface area contributed by atoms with E-state index in [-0.39, 0.29) is 11.7 Å². The molecule has 102 valence electrons. The van der Waals surface area contributed by atoms with Gasteiger partial charge in [0.05, 0.1) is 5.92 Å². The number of ketones is 1. The minimum absolute atomic E-state index is 0.00426. The molecule has 1 aromatic rings. The molecule has 0 heterocycles. The predicted octanol–water partition coefficient (Wildman–Crippen LogP) is 3.38. The fourth-order valence-corrected chi connectivity index (χ4v) is 3.03. The van der Waals surface area contributed by atoms with Gasteiger partial charge in [-0.3, -0.25) is 9.59 Å². The van der Waals surface area contributed by atoms with Crippen molar-refractivity contribution in [3.63, 3.8) is 0 Å². The molecule has 0 radical (unpaired) electrons. The minimum Gasteiger partial charge on any atom is -0.481 e. The van der Waals surface area contributed by atoms with E-state index >= 15 is 0 Å². The Balaban J connectivity index is 2.28. The summed E-state index contributed by atoms with van der Waals surface area (Å²) in [7, 11) is 0. The Morgan fingerprint density at radius 2 is 1.74 bits per heavy atom. The standard InChI is InChI=1S/C16H20O3/c1-10-7-8-12(11(2)9-10)15(17)13-5-3-4-6-14(13)16(18)19/h7-9,13-14H,3-6H2,1-2H3,(H,18,19). The van der Waals surface area contributed by atoms with Gasteiger partial charge in [-0.25, -0.2) is 0 Å². The fourth-order valence-electron chi connectivity index (χ4n) is 3.03. The monoisotopic (exact) mass is 260 g/mol. The van der Waals surface area contributed by atoms with Gasteiger partial charge in [0.1, 0.15) is 0 Å². The molecular weight excluding hydrogens is 240 g/mol. The van der Waals surface area contributed by atoms with Crippen LogP contribution in [-0.2, 0) is 4.79 Å². The maximum atomic E-state index is 12.6. The number of rotatable bonds is 3. The first-order chi connectivity index (χ1) is 9.00. The van der Waals surface area contributed by atoms with Crippen molar-refractivity contribution in [3.8, 4) is 0 Å². The molecule has 1 N–H and O–H groups in total. The summed E-state index contributed by atoms with van der Waals surface area (Å²) < 4.78 is 0. The molecule has 19 heavy (non-hydrogen) atoms. The van der Waals surface area contributed by atoms with Crippen molar-refractivity contribution in [3.05, 3.63) is 34.9 Å². The number of carboxylic acid groups (broad SMARTS) is 1. The lowest BCUT2D eigenvalue weighted by atomic mass is 9.75. The molecule has 1 aromatic carbocycles. The summed E-state index contributed by atoms with van der Waals surface area (Å²) in [5.41, 5.74) is 2.75. The third kappa shape index (κ3) is 2.86. The normalized spacial score (nSPS) is 23.1. The largest absolute Gasteiger partial charge is 0.481 e. The number of aliphatic carboxylic acids is 1. The minimum atomic E-state index is -0.831. The molecule has 2 unspecified atom stereocenters. The molecule has 2 rings (SSSR count). The molecule has 1 aliphatic rings. The van der Waals surface area contributed by atoms with Crippen LogP contribution in [0, 0.1) is 25.7 Å². The summed E-state index contributed by atoms with van der Waals surface area (Å²) in [6.45, 7) is 3.90. The van der Waals surface area contributed by atoms with Crippen molar-refractivity contribution in [2.24, 2.45) is 11.8 Å². The average molecular weight is 260 g/mol. The fraction of sp³-hybridized carbons (Fsp3) is 0.500. The van der Waals surface area contributed by atoms with Crippen LogP contribution in [0.4, 0.5) is 0 Å². The van der Waals surface area contributed by atoms with E-state index in [0.29, 0.717) is 18.4 Å². The van der Waals surface area contributed by atoms with Gasteiger partial charge in [-0.15, -0.1) is 0 Å². The van der Waals surface area contributed by atoms with Crippen LogP contribution in [0.15, 0.2) is 18.2 Å². The van der Waals surface area contributed by atoms with Crippen LogP contribution >= 0.6 is 0 Å². The lowest BCUT2D eigenvalue weighted by Gasteiger charge is -2.27. The van der Waals surface area contributed by atoms with Gasteiger partial charge in [-0.05, 0) is 32.3 Å². The highest BCUT2D eigenvalue weighted by molar-refractivity contribution is 6.01. The Morgan fingerprint density at radius 3 is 2.32 bits per heavy atom. The van der Waals surface area contributed by atoms with Gasteiger partial charge in [0.2, 0.25) is 0 Å². The van der Waals surface area contributed by atoms with E-state index in [9.17, 15) is 14.7 Å². The van der Waals surface area contributed by atoms with E-state index in [1.54, 1.807) is 0 Å². The van der Waals surface area contributed by atoms with Crippen molar-refractivity contribution in [1.29, 1.82) is 0 Å². The van der Waals surface area contributed by atoms with Crippen LogP contribution in [0.2, 0.25) is 0 Å². The maximum absolute atomic E-state index is 12.6. The highest BCUT2D eigenvalue weighted by atomic mass is 16.4. The summed E-state index contributed by atoms with van der Waals surface area (Å²) in [6, 6.07) is 5.73. The topological polar surface area (TPSA) is 54.4 Å². The molecule has 1 aliphatic carbocycles. The molecule has 1 saturated carbocycles. The Hall–Kier alpha value is -1.64. The van der Waals surface area contributed by atoms with Crippen molar-refractivity contribution in [2.45, 2.75) is 39.5 Å². The average Bonchev–Trinajstić information content (AvgIpc) is 2.38. The summed E-state index contributed by atoms with van der Waals surface area (Å²) in [5.74, 6) is -1.69. The van der Waals surface area contributed by atoms with E-state index in [1.807, 2.05) is 32.0 Å². The van der Waals surface area contributed by atoms with Gasteiger partial charge in [-0.2, -0.15) is 0 Å². The molecular formula is C16H20O3. The summed E-state index contributed by atoms with van der Waals surface area (Å²) >= 11 is 0. The molecule has 0 aromatic heterocycles. The van der Waals surface area contributed by atoms with Crippen molar-refractivity contribution in [1.82, 2.24) is 0 Å². The van der Waals surface area contributed by atoms with Crippen molar-refractivity contribution in [2.75, 3.05) is 0 Å². The number of carbonyl (C=O) groups excluding carboxylic acids is 1. The molecule has 0 saturated heterocycles. The maximum Gasteiger partial charge on any atom is 0.307 e. The Morgan fingerprint density at radius 1 is 1.11 bits per heavy atom. The number of aryl methyl sites for hydroxylation is 2. The lowest BCUT2D eigenvalue weighted by Crippen LogP contribution is -2.33. The number of hydrogen-bond acceptors (Lipinski definition) is 2. The highest BCUT2D eigenvalue weighted by Gasteiger charge is 2.36. The number of benzene rings is 1. The van der Waals surface area contributed by atoms with Crippen molar-refractivity contribution < 1.29 is 14.7 Å². The first-order valence-electron chi connectivity index (χ1n) is 6.85. The van der Waals surface area contributed by atoms with Crippen LogP contribution in [0.25, 0.3) is 0 Å². The van der Waals surface area contributed by atoms with Crippen LogP contribution in [0.3, 0.4) is 0 Å². The number of carbonyl (C=O) groups is 2. The van der Waals surface area contributed by atoms with Crippen LogP contribution in [0.1, 0.15) is 47.2 Å². The van der Waals surface area contributed by atoms with Crippen molar-refractivity contribution >= 4 is 11.8 Å². The first-order valence-corrected chi connectivity index (χ1v) is 6.85. The summed E-state index contributed by atoms with van der Waals surface area (Å²) in [6.07, 6.45) is 3.18. The Kier molecular flexibility index (Phi) is 4.03. The van der Waals surface area contributed by atoms with Crippen LogP contribution in [-0.4, -0.2) is 16.9 Å². The second kappa shape index (κ2) is 5.55. The number of hydrogen-bond donors (Lipinski definition) is 1. The van der Waals surface area contributed by atoms with Gasteiger partial charge >= 0.3 is 5.97 Å². The quantitative estimate of drug-likeness (QED) is 0.848. The van der Waals surface area contributed by atoms with E-state index < -0.39 is 11.9 Å². The van der Waals surface area contributed by atoms with Crippen LogP contribution in [0.5, 0.6) is 0 Å². The zero-order chi connectivity index (χ0) is 14.0. The smallest absolute Gasteiger partial charge is 0.307 e. The molecule has 0 spiro atoms. The van der Waals surface area contributed by atoms with Crippen LogP contribution < -0.4 is 0 Å². The second-order valence-electron chi connectivity index (χ2n) is 5.52. The zero-order valence-electron chi connectivity index (χ0n) is 11.5. The van der Waals surface area contributed by atoms with E-state index in [4.69, 9.17) is 0 Å².